The largest absolute Gasteiger partial charge is 0.392 e. The first kappa shape index (κ1) is 27.3. The van der Waals surface area contributed by atoms with Gasteiger partial charge < -0.3 is 10.2 Å². The molecule has 4 N–H and O–H groups in total. The highest BCUT2D eigenvalue weighted by Gasteiger charge is 2.66. The molecule has 0 aliphatic heterocycles. The fraction of sp³-hybridized carbons (Fsp3) is 1.00. The summed E-state index contributed by atoms with van der Waals surface area (Å²) >= 11 is 0. The molecular formula is C26H46N2O6S2. The minimum absolute atomic E-state index is 0.120. The van der Waals surface area contributed by atoms with E-state index in [1.165, 1.54) is 0 Å². The number of rotatable bonds is 8. The third-order valence-electron chi connectivity index (χ3n) is 12.1. The van der Waals surface area contributed by atoms with Crippen molar-refractivity contribution in [3.05, 3.63) is 0 Å². The average Bonchev–Trinajstić information content (AvgIpc) is 3.27. The highest BCUT2D eigenvalue weighted by atomic mass is 32.2. The number of aliphatic hydroxyl groups is 2. The Morgan fingerprint density at radius 3 is 1.31 bits per heavy atom. The lowest BCUT2D eigenvalue weighted by Crippen LogP contribution is -2.57. The summed E-state index contributed by atoms with van der Waals surface area (Å²) in [6.07, 6.45) is 6.17. The summed E-state index contributed by atoms with van der Waals surface area (Å²) in [6, 6.07) is -1.02. The Hall–Kier alpha value is -0.260. The highest BCUT2D eigenvalue weighted by molar-refractivity contribution is 7.89. The molecule has 5 saturated carbocycles. The van der Waals surface area contributed by atoms with E-state index in [1.807, 2.05) is 0 Å². The standard InChI is InChI=1S/C26H46N2O6S2/c1-23(2)17-9-11-25(23,21(29)13-17)15-35(31,32)27-19-7-5-6-8-20(19)28-36(33,34)16-26-12-10-18(14-22(26)30)24(26,3)4/h17-22,27-30H,5-16H2,1-4H3/t17-,18?,19-,20-,21-,22+,25?,26?/m1/s1. The second-order valence-corrected chi connectivity index (χ2v) is 17.5. The molecular weight excluding hydrogens is 500 g/mol. The van der Waals surface area contributed by atoms with Crippen LogP contribution in [0.2, 0.25) is 0 Å². The van der Waals surface area contributed by atoms with Crippen molar-refractivity contribution >= 4 is 20.0 Å². The second-order valence-electron chi connectivity index (χ2n) is 14.0. The Labute approximate surface area is 217 Å². The molecule has 5 fully saturated rings. The van der Waals surface area contributed by atoms with Gasteiger partial charge >= 0.3 is 0 Å². The van der Waals surface area contributed by atoms with Crippen molar-refractivity contribution in [1.29, 1.82) is 0 Å². The summed E-state index contributed by atoms with van der Waals surface area (Å²) in [5.41, 5.74) is -1.81. The van der Waals surface area contributed by atoms with E-state index >= 15 is 0 Å². The zero-order valence-corrected chi connectivity index (χ0v) is 23.9. The van der Waals surface area contributed by atoms with Gasteiger partial charge in [-0.1, -0.05) is 40.5 Å². The Balaban J connectivity index is 1.30. The maximum Gasteiger partial charge on any atom is 0.212 e. The Bertz CT molecular complexity index is 1000. The molecule has 0 aromatic rings. The molecule has 0 spiro atoms. The van der Waals surface area contributed by atoms with Gasteiger partial charge in [-0.15, -0.1) is 0 Å². The van der Waals surface area contributed by atoms with Gasteiger partial charge in [-0.2, -0.15) is 0 Å². The molecule has 0 aromatic heterocycles. The summed E-state index contributed by atoms with van der Waals surface area (Å²) in [7, 11) is -7.49. The van der Waals surface area contributed by atoms with Gasteiger partial charge in [0.2, 0.25) is 20.0 Å². The van der Waals surface area contributed by atoms with Gasteiger partial charge in [-0.25, -0.2) is 26.3 Å². The summed E-state index contributed by atoms with van der Waals surface area (Å²) in [5.74, 6) is 0.431. The lowest BCUT2D eigenvalue weighted by atomic mass is 9.70. The van der Waals surface area contributed by atoms with Crippen molar-refractivity contribution in [2.75, 3.05) is 11.5 Å². The van der Waals surface area contributed by atoms with Crippen LogP contribution in [0.5, 0.6) is 0 Å². The van der Waals surface area contributed by atoms with Crippen LogP contribution in [0.15, 0.2) is 0 Å². The minimum Gasteiger partial charge on any atom is -0.392 e. The van der Waals surface area contributed by atoms with E-state index < -0.39 is 55.2 Å². The number of nitrogens with one attached hydrogen (secondary N) is 2. The van der Waals surface area contributed by atoms with Crippen LogP contribution >= 0.6 is 0 Å². The van der Waals surface area contributed by atoms with Crippen molar-refractivity contribution in [2.24, 2.45) is 33.5 Å². The Kier molecular flexibility index (Phi) is 6.54. The van der Waals surface area contributed by atoms with Gasteiger partial charge in [0.05, 0.1) is 23.7 Å². The first-order chi connectivity index (χ1) is 16.6. The molecule has 36 heavy (non-hydrogen) atoms. The number of fused-ring (bicyclic) bond motifs is 4. The molecule has 5 aliphatic rings. The molecule has 10 heteroatoms. The van der Waals surface area contributed by atoms with E-state index in [2.05, 4.69) is 37.1 Å². The second kappa shape index (κ2) is 8.62. The van der Waals surface area contributed by atoms with Crippen LogP contribution in [-0.2, 0) is 20.0 Å². The van der Waals surface area contributed by atoms with Gasteiger partial charge in [0, 0.05) is 22.9 Å². The van der Waals surface area contributed by atoms with E-state index in [0.29, 0.717) is 50.4 Å². The molecule has 0 aromatic carbocycles. The van der Waals surface area contributed by atoms with E-state index in [1.54, 1.807) is 0 Å². The maximum atomic E-state index is 13.5. The third kappa shape index (κ3) is 4.03. The van der Waals surface area contributed by atoms with Crippen LogP contribution in [0.25, 0.3) is 0 Å². The lowest BCUT2D eigenvalue weighted by molar-refractivity contribution is 0.0148. The lowest BCUT2D eigenvalue weighted by Gasteiger charge is -2.42. The summed E-state index contributed by atoms with van der Waals surface area (Å²) < 4.78 is 59.6. The highest BCUT2D eigenvalue weighted by Crippen LogP contribution is 2.67. The van der Waals surface area contributed by atoms with E-state index in [9.17, 15) is 27.0 Å². The van der Waals surface area contributed by atoms with Gasteiger partial charge in [0.15, 0.2) is 0 Å². The van der Waals surface area contributed by atoms with Gasteiger partial charge in [0.1, 0.15) is 0 Å². The van der Waals surface area contributed by atoms with Crippen molar-refractivity contribution in [2.45, 2.75) is 116 Å². The molecule has 0 amide bonds. The van der Waals surface area contributed by atoms with Crippen LogP contribution in [-0.4, -0.2) is 62.8 Å². The smallest absolute Gasteiger partial charge is 0.212 e. The first-order valence-electron chi connectivity index (χ1n) is 13.9. The fourth-order valence-electron chi connectivity index (χ4n) is 9.39. The Morgan fingerprint density at radius 2 is 1.03 bits per heavy atom. The van der Waals surface area contributed by atoms with Crippen molar-refractivity contribution in [3.63, 3.8) is 0 Å². The summed E-state index contributed by atoms with van der Waals surface area (Å²) in [6.45, 7) is 8.33. The molecule has 208 valence electrons. The molecule has 3 unspecified atom stereocenters. The van der Waals surface area contributed by atoms with Crippen molar-refractivity contribution < 1.29 is 27.0 Å². The van der Waals surface area contributed by atoms with Crippen LogP contribution in [0.3, 0.4) is 0 Å². The van der Waals surface area contributed by atoms with E-state index in [4.69, 9.17) is 0 Å². The van der Waals surface area contributed by atoms with Gasteiger partial charge in [-0.05, 0) is 74.0 Å². The topological polar surface area (TPSA) is 133 Å². The average molecular weight is 547 g/mol. The van der Waals surface area contributed by atoms with E-state index in [0.717, 1.165) is 25.7 Å². The van der Waals surface area contributed by atoms with Gasteiger partial charge in [0.25, 0.3) is 0 Å². The van der Waals surface area contributed by atoms with Gasteiger partial charge in [-0.3, -0.25) is 0 Å². The SMILES string of the molecule is CC1(C)C2CCC1(CS(=O)(=O)N[C@@H]1CCCC[C@H]1NS(=O)(=O)CC13CC[C@H](C[C@H]1O)C3(C)C)[C@@H](O)C2. The molecule has 0 radical (unpaired) electrons. The molecule has 5 rings (SSSR count). The predicted octanol–water partition coefficient (Wildman–Crippen LogP) is 2.51. The van der Waals surface area contributed by atoms with Crippen molar-refractivity contribution in [1.82, 2.24) is 9.44 Å². The summed E-state index contributed by atoms with van der Waals surface area (Å²) in [5, 5.41) is 21.7. The molecule has 8 nitrogen and oxygen atoms in total. The molecule has 0 heterocycles. The molecule has 5 aliphatic carbocycles. The maximum absolute atomic E-state index is 13.5. The third-order valence-corrected chi connectivity index (χ3v) is 15.2. The number of aliphatic hydroxyl groups excluding tert-OH is 2. The number of hydrogen-bond donors (Lipinski definition) is 4. The Morgan fingerprint density at radius 1 is 0.667 bits per heavy atom. The van der Waals surface area contributed by atoms with Crippen LogP contribution < -0.4 is 9.44 Å². The molecule has 8 atom stereocenters. The number of sulfonamides is 2. The molecule has 0 saturated heterocycles. The van der Waals surface area contributed by atoms with Crippen LogP contribution in [0, 0.1) is 33.5 Å². The minimum atomic E-state index is -3.75. The fourth-order valence-corrected chi connectivity index (χ4v) is 13.8. The quantitative estimate of drug-likeness (QED) is 0.370. The normalized spacial score (nSPS) is 45.4. The first-order valence-corrected chi connectivity index (χ1v) is 17.2. The summed E-state index contributed by atoms with van der Waals surface area (Å²) in [4.78, 5) is 0. The zero-order valence-electron chi connectivity index (χ0n) is 22.3. The van der Waals surface area contributed by atoms with E-state index in [-0.39, 0.29) is 22.3 Å². The number of hydrogen-bond acceptors (Lipinski definition) is 6. The van der Waals surface area contributed by atoms with Crippen molar-refractivity contribution in [3.8, 4) is 0 Å². The van der Waals surface area contributed by atoms with Crippen LogP contribution in [0.1, 0.15) is 91.9 Å². The zero-order chi connectivity index (χ0) is 26.4. The molecule has 4 bridgehead atoms. The monoisotopic (exact) mass is 546 g/mol. The van der Waals surface area contributed by atoms with Crippen LogP contribution in [0.4, 0.5) is 0 Å². The predicted molar refractivity (Wildman–Crippen MR) is 139 cm³/mol.